The number of methoxy groups -OCH3 is 1. The summed E-state index contributed by atoms with van der Waals surface area (Å²) in [5.41, 5.74) is 7.47. The maximum Gasteiger partial charge on any atom is 0.416 e. The second kappa shape index (κ2) is 9.78. The molecule has 1 aliphatic heterocycles. The first-order chi connectivity index (χ1) is 15.9. The number of aromatic nitrogens is 2. The second-order valence-corrected chi connectivity index (χ2v) is 8.32. The van der Waals surface area contributed by atoms with Crippen molar-refractivity contribution in [3.8, 4) is 5.75 Å². The van der Waals surface area contributed by atoms with Gasteiger partial charge in [0.25, 0.3) is 0 Å². The van der Waals surface area contributed by atoms with Crippen LogP contribution in [0.5, 0.6) is 5.75 Å². The number of fused-ring (bicyclic) bond motifs is 1. The minimum absolute atomic E-state index is 0.0280. The molecule has 3 aromatic rings. The van der Waals surface area contributed by atoms with E-state index in [1.807, 2.05) is 18.2 Å². The number of benzene rings is 2. The van der Waals surface area contributed by atoms with E-state index in [1.165, 1.54) is 30.5 Å². The Balaban J connectivity index is 1.49. The minimum Gasteiger partial charge on any atom is -0.409 e. The van der Waals surface area contributed by atoms with Gasteiger partial charge in [0.2, 0.25) is 5.91 Å². The van der Waals surface area contributed by atoms with E-state index in [0.717, 1.165) is 10.9 Å². The molecule has 172 valence electrons. The van der Waals surface area contributed by atoms with Gasteiger partial charge in [0, 0.05) is 37.2 Å². The van der Waals surface area contributed by atoms with Crippen molar-refractivity contribution in [2.45, 2.75) is 12.6 Å². The highest BCUT2D eigenvalue weighted by Crippen LogP contribution is 2.29. The summed E-state index contributed by atoms with van der Waals surface area (Å²) >= 11 is 12.0. The normalized spacial score (nSPS) is 16.3. The first-order valence-electron chi connectivity index (χ1n) is 10.1. The summed E-state index contributed by atoms with van der Waals surface area (Å²) in [7, 11) is 1.47. The molecule has 0 saturated carbocycles. The summed E-state index contributed by atoms with van der Waals surface area (Å²) in [6, 6.07) is 9.29. The van der Waals surface area contributed by atoms with E-state index in [9.17, 15) is 9.59 Å². The molecule has 9 nitrogen and oxygen atoms in total. The Kier molecular flexibility index (Phi) is 6.83. The third-order valence-electron chi connectivity index (χ3n) is 5.34. The number of carbonyl (C=O) groups is 2. The van der Waals surface area contributed by atoms with Crippen LogP contribution in [-0.2, 0) is 16.1 Å². The highest BCUT2D eigenvalue weighted by atomic mass is 35.5. The van der Waals surface area contributed by atoms with Gasteiger partial charge in [0.15, 0.2) is 5.75 Å². The zero-order chi connectivity index (χ0) is 23.5. The number of nitrogen functional groups attached to an aromatic ring is 1. The average Bonchev–Trinajstić information content (AvgIpc) is 2.78. The maximum atomic E-state index is 13.2. The zero-order valence-electron chi connectivity index (χ0n) is 17.7. The molecular formula is C22H21Cl2N5O4. The van der Waals surface area contributed by atoms with Gasteiger partial charge in [-0.1, -0.05) is 29.3 Å². The lowest BCUT2D eigenvalue weighted by Crippen LogP contribution is -2.60. The van der Waals surface area contributed by atoms with Gasteiger partial charge in [0.1, 0.15) is 18.2 Å². The second-order valence-electron chi connectivity index (χ2n) is 7.48. The molecule has 2 amide bonds. The van der Waals surface area contributed by atoms with Crippen molar-refractivity contribution in [3.63, 3.8) is 0 Å². The number of piperazine rings is 1. The Morgan fingerprint density at radius 3 is 2.76 bits per heavy atom. The predicted octanol–water partition coefficient (Wildman–Crippen LogP) is 3.38. The minimum atomic E-state index is -0.833. The third-order valence-corrected chi connectivity index (χ3v) is 5.87. The number of anilines is 1. The topological polar surface area (TPSA) is 111 Å². The molecule has 0 spiro atoms. The van der Waals surface area contributed by atoms with Crippen LogP contribution in [0.1, 0.15) is 5.56 Å². The highest BCUT2D eigenvalue weighted by Gasteiger charge is 2.38. The van der Waals surface area contributed by atoms with E-state index in [-0.39, 0.29) is 29.8 Å². The average molecular weight is 490 g/mol. The molecule has 0 unspecified atom stereocenters. The smallest absolute Gasteiger partial charge is 0.409 e. The standard InChI is InChI=1S/C22H21Cl2N5O4/c1-32-11-18-21(30)28(10-13-2-4-15-17(8-13)26-12-27-20(15)25)6-7-29(18)22(31)33-19-5-3-14(23)9-16(19)24/h2-5,8-9,12,18H,6-7,10-11H2,1H3,(H2,25,26,27)/t18-/m0/s1. The molecule has 0 radical (unpaired) electrons. The molecule has 2 N–H and O–H groups in total. The van der Waals surface area contributed by atoms with Crippen molar-refractivity contribution >= 4 is 51.9 Å². The number of halogens is 2. The van der Waals surface area contributed by atoms with Crippen LogP contribution < -0.4 is 10.5 Å². The molecule has 0 bridgehead atoms. The summed E-state index contributed by atoms with van der Waals surface area (Å²) in [5.74, 6) is 0.315. The molecule has 1 aromatic heterocycles. The lowest BCUT2D eigenvalue weighted by molar-refractivity contribution is -0.143. The van der Waals surface area contributed by atoms with Crippen molar-refractivity contribution in [3.05, 3.63) is 58.3 Å². The molecule has 1 aliphatic rings. The molecule has 2 heterocycles. The molecule has 1 fully saturated rings. The molecule has 0 aliphatic carbocycles. The molecule has 1 saturated heterocycles. The summed E-state index contributed by atoms with van der Waals surface area (Å²) in [6.45, 7) is 0.976. The van der Waals surface area contributed by atoms with Crippen molar-refractivity contribution < 1.29 is 19.1 Å². The van der Waals surface area contributed by atoms with Crippen LogP contribution in [0, 0.1) is 0 Å². The van der Waals surface area contributed by atoms with Crippen molar-refractivity contribution in [1.82, 2.24) is 19.8 Å². The van der Waals surface area contributed by atoms with Crippen LogP contribution in [0.2, 0.25) is 10.0 Å². The number of carbonyl (C=O) groups excluding carboxylic acids is 2. The molecule has 4 rings (SSSR count). The van der Waals surface area contributed by atoms with Gasteiger partial charge in [-0.3, -0.25) is 9.69 Å². The van der Waals surface area contributed by atoms with Crippen LogP contribution in [0.4, 0.5) is 10.6 Å². The SMILES string of the molecule is COC[C@H]1C(=O)N(Cc2ccc3c(N)ncnc3c2)CCN1C(=O)Oc1ccc(Cl)cc1Cl. The van der Waals surface area contributed by atoms with Gasteiger partial charge in [0.05, 0.1) is 17.1 Å². The van der Waals surface area contributed by atoms with E-state index < -0.39 is 12.1 Å². The van der Waals surface area contributed by atoms with Crippen LogP contribution in [-0.4, -0.2) is 64.6 Å². The van der Waals surface area contributed by atoms with E-state index in [1.54, 1.807) is 11.0 Å². The van der Waals surface area contributed by atoms with Crippen molar-refractivity contribution in [2.75, 3.05) is 32.5 Å². The van der Waals surface area contributed by atoms with E-state index in [4.69, 9.17) is 38.4 Å². The quantitative estimate of drug-likeness (QED) is 0.584. The lowest BCUT2D eigenvalue weighted by Gasteiger charge is -2.39. The molecule has 11 heteroatoms. The van der Waals surface area contributed by atoms with Gasteiger partial charge >= 0.3 is 6.09 Å². The highest BCUT2D eigenvalue weighted by molar-refractivity contribution is 6.35. The number of nitrogens with zero attached hydrogens (tertiary/aromatic N) is 4. The van der Waals surface area contributed by atoms with Crippen LogP contribution in [0.15, 0.2) is 42.7 Å². The van der Waals surface area contributed by atoms with Gasteiger partial charge in [-0.2, -0.15) is 0 Å². The summed E-state index contributed by atoms with van der Waals surface area (Å²) < 4.78 is 10.6. The lowest BCUT2D eigenvalue weighted by atomic mass is 10.1. The maximum absolute atomic E-state index is 13.2. The van der Waals surface area contributed by atoms with Crippen LogP contribution in [0.3, 0.4) is 0 Å². The van der Waals surface area contributed by atoms with Gasteiger partial charge < -0.3 is 20.1 Å². The van der Waals surface area contributed by atoms with Crippen LogP contribution >= 0.6 is 23.2 Å². The largest absolute Gasteiger partial charge is 0.416 e. The number of hydrogen-bond acceptors (Lipinski definition) is 7. The Morgan fingerprint density at radius 1 is 1.18 bits per heavy atom. The number of rotatable bonds is 5. The molecular weight excluding hydrogens is 469 g/mol. The summed E-state index contributed by atoms with van der Waals surface area (Å²) in [6.07, 6.45) is 0.714. The summed E-state index contributed by atoms with van der Waals surface area (Å²) in [5, 5.41) is 1.37. The Hall–Kier alpha value is -3.14. The fourth-order valence-corrected chi connectivity index (χ4v) is 4.13. The predicted molar refractivity (Wildman–Crippen MR) is 124 cm³/mol. The number of ether oxygens (including phenoxy) is 2. The number of amides is 2. The first kappa shape index (κ1) is 23.0. The zero-order valence-corrected chi connectivity index (χ0v) is 19.2. The molecule has 2 aromatic carbocycles. The van der Waals surface area contributed by atoms with Gasteiger partial charge in [-0.15, -0.1) is 0 Å². The van der Waals surface area contributed by atoms with E-state index in [0.29, 0.717) is 29.4 Å². The Labute approximate surface area is 200 Å². The van der Waals surface area contributed by atoms with Gasteiger partial charge in [-0.25, -0.2) is 14.8 Å². The molecule has 33 heavy (non-hydrogen) atoms. The van der Waals surface area contributed by atoms with Crippen LogP contribution in [0.25, 0.3) is 10.9 Å². The Morgan fingerprint density at radius 2 is 2.00 bits per heavy atom. The Bertz CT molecular complexity index is 1210. The van der Waals surface area contributed by atoms with E-state index in [2.05, 4.69) is 9.97 Å². The molecule has 1 atom stereocenters. The van der Waals surface area contributed by atoms with Gasteiger partial charge in [-0.05, 0) is 35.9 Å². The fraction of sp³-hybridized carbons (Fsp3) is 0.273. The number of hydrogen-bond donors (Lipinski definition) is 1. The van der Waals surface area contributed by atoms with Crippen molar-refractivity contribution in [2.24, 2.45) is 0 Å². The fourth-order valence-electron chi connectivity index (χ4n) is 3.69. The first-order valence-corrected chi connectivity index (χ1v) is 10.8. The monoisotopic (exact) mass is 489 g/mol. The van der Waals surface area contributed by atoms with Crippen molar-refractivity contribution in [1.29, 1.82) is 0 Å². The summed E-state index contributed by atoms with van der Waals surface area (Å²) in [4.78, 5) is 37.3. The van der Waals surface area contributed by atoms with E-state index >= 15 is 0 Å². The number of nitrogens with two attached hydrogens (primary N) is 1. The third kappa shape index (κ3) is 4.95.